The van der Waals surface area contributed by atoms with Gasteiger partial charge in [0.15, 0.2) is 5.78 Å². The lowest BCUT2D eigenvalue weighted by atomic mass is 10.0. The first kappa shape index (κ1) is 17.1. The predicted molar refractivity (Wildman–Crippen MR) is 84.7 cm³/mol. The molecule has 0 atom stereocenters. The van der Waals surface area contributed by atoms with Crippen LogP contribution in [0.15, 0.2) is 36.3 Å². The molecule has 0 unspecified atom stereocenters. The highest BCUT2D eigenvalue weighted by molar-refractivity contribution is 5.97. The maximum absolute atomic E-state index is 14.0. The highest BCUT2D eigenvalue weighted by Crippen LogP contribution is 2.19. The Morgan fingerprint density at radius 2 is 2.10 bits per heavy atom. The summed E-state index contributed by atoms with van der Waals surface area (Å²) < 4.78 is 15.5. The van der Waals surface area contributed by atoms with Crippen molar-refractivity contribution in [2.24, 2.45) is 5.92 Å². The fourth-order valence-corrected chi connectivity index (χ4v) is 1.98. The average molecular weight is 290 g/mol. The highest BCUT2D eigenvalue weighted by Gasteiger charge is 2.16. The van der Waals surface area contributed by atoms with E-state index in [1.165, 1.54) is 17.0 Å². The van der Waals surface area contributed by atoms with Crippen LogP contribution >= 0.6 is 0 Å². The average Bonchev–Trinajstić information content (AvgIpc) is 2.79. The molecule has 0 saturated carbocycles. The van der Waals surface area contributed by atoms with Crippen molar-refractivity contribution < 1.29 is 9.18 Å². The summed E-state index contributed by atoms with van der Waals surface area (Å²) in [6.45, 7) is 9.28. The lowest BCUT2D eigenvalue weighted by Gasteiger charge is -2.07. The summed E-state index contributed by atoms with van der Waals surface area (Å²) in [4.78, 5) is 12.1. The Morgan fingerprint density at radius 1 is 1.43 bits per heavy atom. The van der Waals surface area contributed by atoms with Crippen molar-refractivity contribution in [2.75, 3.05) is 0 Å². The number of aromatic nitrogens is 2. The quantitative estimate of drug-likeness (QED) is 0.561. The van der Waals surface area contributed by atoms with Gasteiger partial charge in [0.05, 0.1) is 23.2 Å². The van der Waals surface area contributed by atoms with Gasteiger partial charge in [0.25, 0.3) is 0 Å². The van der Waals surface area contributed by atoms with Crippen LogP contribution in [-0.4, -0.2) is 15.6 Å². The second-order valence-electron chi connectivity index (χ2n) is 5.39. The van der Waals surface area contributed by atoms with E-state index >= 15 is 0 Å². The minimum absolute atomic E-state index is 0.0476. The van der Waals surface area contributed by atoms with Gasteiger partial charge < -0.3 is 0 Å². The van der Waals surface area contributed by atoms with E-state index in [9.17, 15) is 9.18 Å². The molecule has 21 heavy (non-hydrogen) atoms. The van der Waals surface area contributed by atoms with Gasteiger partial charge in [-0.25, -0.2) is 9.07 Å². The molecule has 3 nitrogen and oxygen atoms in total. The number of ketones is 1. The molecule has 0 aromatic carbocycles. The largest absolute Gasteiger partial charge is 0.294 e. The van der Waals surface area contributed by atoms with Gasteiger partial charge in [-0.3, -0.25) is 4.79 Å². The van der Waals surface area contributed by atoms with Crippen LogP contribution in [0.1, 0.15) is 50.2 Å². The molecule has 0 spiro atoms. The van der Waals surface area contributed by atoms with Gasteiger partial charge in [0.2, 0.25) is 0 Å². The van der Waals surface area contributed by atoms with Crippen molar-refractivity contribution in [3.63, 3.8) is 0 Å². The third-order valence-corrected chi connectivity index (χ3v) is 3.11. The van der Waals surface area contributed by atoms with Crippen LogP contribution in [-0.2, 0) is 0 Å². The van der Waals surface area contributed by atoms with Crippen LogP contribution in [0.5, 0.6) is 0 Å². The first-order valence-electron chi connectivity index (χ1n) is 7.12. The Hall–Kier alpha value is -1.97. The molecule has 1 heterocycles. The maximum atomic E-state index is 14.0. The van der Waals surface area contributed by atoms with Gasteiger partial charge in [-0.05, 0) is 32.8 Å². The van der Waals surface area contributed by atoms with Crippen LogP contribution in [0, 0.1) is 12.8 Å². The molecule has 0 radical (unpaired) electrons. The standard InChI is InChI=1S/C17H23FN2O/c1-6-7-8-9-16(18)14(5)20-13(4)15(11-19-20)17(21)10-12(2)3/h6-9,11-12H,10H2,1-5H3/b7-6-,9-8-,16-14-. The third-order valence-electron chi connectivity index (χ3n) is 3.11. The van der Waals surface area contributed by atoms with Crippen molar-refractivity contribution >= 4 is 11.5 Å². The number of nitrogens with zero attached hydrogens (tertiary/aromatic N) is 2. The zero-order chi connectivity index (χ0) is 16.0. The summed E-state index contributed by atoms with van der Waals surface area (Å²) in [5.41, 5.74) is 1.61. The van der Waals surface area contributed by atoms with Gasteiger partial charge in [-0.2, -0.15) is 5.10 Å². The van der Waals surface area contributed by atoms with E-state index in [4.69, 9.17) is 0 Å². The number of hydrogen-bond donors (Lipinski definition) is 0. The van der Waals surface area contributed by atoms with Gasteiger partial charge in [-0.1, -0.05) is 32.1 Å². The highest BCUT2D eigenvalue weighted by atomic mass is 19.1. The number of allylic oxidation sites excluding steroid dienone is 6. The van der Waals surface area contributed by atoms with Crippen LogP contribution in [0.4, 0.5) is 4.39 Å². The Kier molecular flexibility index (Phi) is 6.28. The lowest BCUT2D eigenvalue weighted by molar-refractivity contribution is 0.0967. The Labute approximate surface area is 125 Å². The van der Waals surface area contributed by atoms with Crippen molar-refractivity contribution in [3.8, 4) is 0 Å². The van der Waals surface area contributed by atoms with Crippen LogP contribution in [0.3, 0.4) is 0 Å². The summed E-state index contributed by atoms with van der Waals surface area (Å²) in [6, 6.07) is 0. The number of hydrogen-bond acceptors (Lipinski definition) is 2. The topological polar surface area (TPSA) is 34.9 Å². The van der Waals surface area contributed by atoms with E-state index in [2.05, 4.69) is 5.10 Å². The molecule has 0 amide bonds. The number of rotatable bonds is 6. The second-order valence-corrected chi connectivity index (χ2v) is 5.39. The summed E-state index contributed by atoms with van der Waals surface area (Å²) in [5.74, 6) is -0.0361. The zero-order valence-corrected chi connectivity index (χ0v) is 13.4. The minimum atomic E-state index is -0.373. The first-order chi connectivity index (χ1) is 9.88. The summed E-state index contributed by atoms with van der Waals surface area (Å²) in [7, 11) is 0. The van der Waals surface area contributed by atoms with E-state index in [-0.39, 0.29) is 17.5 Å². The molecule has 1 aromatic heterocycles. The molecule has 0 fully saturated rings. The van der Waals surface area contributed by atoms with Gasteiger partial charge in [0, 0.05) is 6.42 Å². The van der Waals surface area contributed by atoms with E-state index in [0.29, 0.717) is 23.4 Å². The molecule has 1 rings (SSSR count). The lowest BCUT2D eigenvalue weighted by Crippen LogP contribution is -2.06. The number of Topliss-reactive ketones (excluding diaryl/α,β-unsaturated/α-hetero) is 1. The third kappa shape index (κ3) is 4.52. The first-order valence-corrected chi connectivity index (χ1v) is 7.12. The maximum Gasteiger partial charge on any atom is 0.166 e. The smallest absolute Gasteiger partial charge is 0.166 e. The fourth-order valence-electron chi connectivity index (χ4n) is 1.98. The van der Waals surface area contributed by atoms with Crippen LogP contribution in [0.2, 0.25) is 0 Å². The molecular weight excluding hydrogens is 267 g/mol. The predicted octanol–water partition coefficient (Wildman–Crippen LogP) is 4.71. The van der Waals surface area contributed by atoms with Crippen molar-refractivity contribution in [1.82, 2.24) is 9.78 Å². The van der Waals surface area contributed by atoms with E-state index in [1.54, 1.807) is 26.0 Å². The molecule has 0 aliphatic heterocycles. The molecule has 0 bridgehead atoms. The fraction of sp³-hybridized carbons (Fsp3) is 0.412. The molecule has 1 aromatic rings. The van der Waals surface area contributed by atoms with Crippen LogP contribution in [0.25, 0.3) is 5.70 Å². The Balaban J connectivity index is 3.08. The van der Waals surface area contributed by atoms with Crippen molar-refractivity contribution in [1.29, 1.82) is 0 Å². The minimum Gasteiger partial charge on any atom is -0.294 e. The van der Waals surface area contributed by atoms with Gasteiger partial charge in [0.1, 0.15) is 5.83 Å². The monoisotopic (exact) mass is 290 g/mol. The Bertz CT molecular complexity index is 592. The molecule has 0 saturated heterocycles. The number of carbonyl (C=O) groups excluding carboxylic acids is 1. The van der Waals surface area contributed by atoms with Crippen LogP contribution < -0.4 is 0 Å². The van der Waals surface area contributed by atoms with Gasteiger partial charge >= 0.3 is 0 Å². The van der Waals surface area contributed by atoms with Crippen molar-refractivity contribution in [3.05, 3.63) is 47.6 Å². The molecule has 0 N–H and O–H groups in total. The molecular formula is C17H23FN2O. The van der Waals surface area contributed by atoms with Crippen molar-refractivity contribution in [2.45, 2.75) is 41.0 Å². The van der Waals surface area contributed by atoms with E-state index in [1.807, 2.05) is 26.8 Å². The number of carbonyl (C=O) groups is 1. The molecule has 4 heteroatoms. The van der Waals surface area contributed by atoms with E-state index in [0.717, 1.165) is 0 Å². The number of halogens is 1. The van der Waals surface area contributed by atoms with Gasteiger partial charge in [-0.15, -0.1) is 0 Å². The molecule has 0 aliphatic rings. The summed E-state index contributed by atoms with van der Waals surface area (Å²) in [6.07, 6.45) is 8.57. The summed E-state index contributed by atoms with van der Waals surface area (Å²) >= 11 is 0. The normalized spacial score (nSPS) is 13.5. The zero-order valence-electron chi connectivity index (χ0n) is 13.4. The SMILES string of the molecule is C\C=C/C=C\C(F)=C(/C)n1ncc(C(=O)CC(C)C)c1C. The molecule has 0 aliphatic carbocycles. The Morgan fingerprint density at radius 3 is 2.67 bits per heavy atom. The second kappa shape index (κ2) is 7.72. The summed E-state index contributed by atoms with van der Waals surface area (Å²) in [5, 5.41) is 4.14. The van der Waals surface area contributed by atoms with E-state index < -0.39 is 0 Å². The molecule has 114 valence electrons.